The summed E-state index contributed by atoms with van der Waals surface area (Å²) >= 11 is 5.67. The van der Waals surface area contributed by atoms with Crippen molar-refractivity contribution in [1.82, 2.24) is 9.55 Å². The van der Waals surface area contributed by atoms with Crippen molar-refractivity contribution in [2.45, 2.75) is 19.6 Å². The highest BCUT2D eigenvalue weighted by Crippen LogP contribution is 2.36. The molecule has 0 saturated heterocycles. The van der Waals surface area contributed by atoms with E-state index in [2.05, 4.69) is 10.3 Å². The Morgan fingerprint density at radius 1 is 1.18 bits per heavy atom. The minimum atomic E-state index is -4.74. The molecule has 0 aliphatic heterocycles. The second kappa shape index (κ2) is 10.0. The minimum Gasteiger partial charge on any atom is -0.383 e. The maximum atomic E-state index is 13.3. The van der Waals surface area contributed by atoms with E-state index < -0.39 is 41.1 Å². The van der Waals surface area contributed by atoms with E-state index in [0.717, 1.165) is 16.2 Å². The van der Waals surface area contributed by atoms with Crippen LogP contribution >= 0.6 is 11.6 Å². The zero-order valence-electron chi connectivity index (χ0n) is 17.9. The first-order valence-corrected chi connectivity index (χ1v) is 10.5. The Bertz CT molecular complexity index is 1310. The van der Waals surface area contributed by atoms with Gasteiger partial charge in [-0.15, -0.1) is 0 Å². The summed E-state index contributed by atoms with van der Waals surface area (Å²) in [5, 5.41) is 2.06. The van der Waals surface area contributed by atoms with Crippen LogP contribution in [0.3, 0.4) is 0 Å². The molecule has 1 heterocycles. The van der Waals surface area contributed by atoms with Gasteiger partial charge in [0.05, 0.1) is 24.3 Å². The summed E-state index contributed by atoms with van der Waals surface area (Å²) in [6.07, 6.45) is -4.74. The Hall–Kier alpha value is -3.73. The Kier molecular flexibility index (Phi) is 7.35. The van der Waals surface area contributed by atoms with Crippen molar-refractivity contribution < 1.29 is 18.0 Å². The number of likely N-dealkylation sites (N-methyl/N-ethyl adjacent to an activating group) is 1. The average Bonchev–Trinajstić information content (AvgIpc) is 2.77. The second-order valence-electron chi connectivity index (χ2n) is 7.31. The fourth-order valence-electron chi connectivity index (χ4n) is 3.38. The van der Waals surface area contributed by atoms with Crippen molar-refractivity contribution in [3.05, 3.63) is 85.5 Å². The fourth-order valence-corrected chi connectivity index (χ4v) is 3.55. The van der Waals surface area contributed by atoms with Crippen LogP contribution in [0.2, 0.25) is 5.02 Å². The molecule has 3 aromatic rings. The van der Waals surface area contributed by atoms with Gasteiger partial charge in [0, 0.05) is 11.6 Å². The molecule has 0 bridgehead atoms. The number of hydrogen-bond acceptors (Lipinski definition) is 5. The van der Waals surface area contributed by atoms with Gasteiger partial charge >= 0.3 is 11.9 Å². The summed E-state index contributed by atoms with van der Waals surface area (Å²) < 4.78 is 41.1. The third-order valence-electron chi connectivity index (χ3n) is 4.99. The van der Waals surface area contributed by atoms with Crippen LogP contribution in [-0.4, -0.2) is 28.5 Å². The van der Waals surface area contributed by atoms with Gasteiger partial charge in [0.2, 0.25) is 5.91 Å². The largest absolute Gasteiger partial charge is 0.418 e. The lowest BCUT2D eigenvalue weighted by atomic mass is 10.1. The van der Waals surface area contributed by atoms with Gasteiger partial charge in [-0.3, -0.25) is 19.1 Å². The zero-order chi connectivity index (χ0) is 25.0. The van der Waals surface area contributed by atoms with E-state index >= 15 is 0 Å². The average molecular weight is 496 g/mol. The number of nitrogens with one attached hydrogen (secondary N) is 2. The Morgan fingerprint density at radius 3 is 2.47 bits per heavy atom. The first-order valence-electron chi connectivity index (χ1n) is 10.1. The number of aromatic nitrogens is 2. The highest BCUT2D eigenvalue weighted by atomic mass is 35.5. The number of nitrogens with two attached hydrogens (primary N) is 1. The Morgan fingerprint density at radius 2 is 1.85 bits per heavy atom. The molecule has 0 fully saturated rings. The van der Waals surface area contributed by atoms with E-state index in [1.807, 2.05) is 0 Å². The van der Waals surface area contributed by atoms with E-state index in [4.69, 9.17) is 17.3 Å². The number of halogens is 4. The quantitative estimate of drug-likeness (QED) is 0.465. The lowest BCUT2D eigenvalue weighted by Gasteiger charge is -2.24. The molecule has 1 amide bonds. The van der Waals surface area contributed by atoms with Crippen molar-refractivity contribution in [2.24, 2.45) is 0 Å². The molecule has 34 heavy (non-hydrogen) atoms. The van der Waals surface area contributed by atoms with Crippen LogP contribution in [-0.2, 0) is 17.5 Å². The molecule has 0 atom stereocenters. The van der Waals surface area contributed by atoms with Crippen molar-refractivity contribution in [3.8, 4) is 0 Å². The SMILES string of the molecule is CCN(CC(=O)Nc1ccc(Cl)cc1C(F)(F)F)c1c(N)n(Cc2ccccc2)c(=O)[nH]c1=O. The van der Waals surface area contributed by atoms with Crippen LogP contribution in [0.4, 0.5) is 30.4 Å². The number of carbonyl (C=O) groups is 1. The van der Waals surface area contributed by atoms with E-state index in [0.29, 0.717) is 6.07 Å². The van der Waals surface area contributed by atoms with Crippen molar-refractivity contribution >= 4 is 34.7 Å². The maximum absolute atomic E-state index is 13.3. The van der Waals surface area contributed by atoms with Crippen molar-refractivity contribution in [1.29, 1.82) is 0 Å². The number of alkyl halides is 3. The summed E-state index contributed by atoms with van der Waals surface area (Å²) in [5.41, 5.74) is 3.62. The first-order chi connectivity index (χ1) is 16.0. The van der Waals surface area contributed by atoms with Crippen molar-refractivity contribution in [3.63, 3.8) is 0 Å². The van der Waals surface area contributed by atoms with Gasteiger partial charge in [-0.25, -0.2) is 4.79 Å². The molecule has 0 spiro atoms. The molecule has 0 aliphatic rings. The minimum absolute atomic E-state index is 0.0682. The van der Waals surface area contributed by atoms with Gasteiger partial charge in [-0.05, 0) is 30.7 Å². The molecule has 0 radical (unpaired) electrons. The number of nitrogens with zero attached hydrogens (tertiary/aromatic N) is 2. The van der Waals surface area contributed by atoms with E-state index in [1.54, 1.807) is 37.3 Å². The van der Waals surface area contributed by atoms with Gasteiger partial charge < -0.3 is 16.0 Å². The molecule has 2 aromatic carbocycles. The lowest BCUT2D eigenvalue weighted by molar-refractivity contribution is -0.137. The topological polar surface area (TPSA) is 113 Å². The zero-order valence-corrected chi connectivity index (χ0v) is 18.7. The molecule has 0 aliphatic carbocycles. The highest BCUT2D eigenvalue weighted by molar-refractivity contribution is 6.30. The van der Waals surface area contributed by atoms with Crippen LogP contribution in [0.5, 0.6) is 0 Å². The smallest absolute Gasteiger partial charge is 0.383 e. The lowest BCUT2D eigenvalue weighted by Crippen LogP contribution is -2.41. The fraction of sp³-hybridized carbons (Fsp3) is 0.227. The Balaban J connectivity index is 1.90. The van der Waals surface area contributed by atoms with E-state index in [1.165, 1.54) is 11.0 Å². The molecule has 4 N–H and O–H groups in total. The third-order valence-corrected chi connectivity index (χ3v) is 5.23. The van der Waals surface area contributed by atoms with Gasteiger partial charge in [0.25, 0.3) is 5.56 Å². The summed E-state index contributed by atoms with van der Waals surface area (Å²) in [6.45, 7) is 1.31. The van der Waals surface area contributed by atoms with Gasteiger partial charge in [0.1, 0.15) is 11.5 Å². The molecule has 180 valence electrons. The number of carbonyl (C=O) groups excluding carboxylic acids is 1. The second-order valence-corrected chi connectivity index (χ2v) is 7.75. The monoisotopic (exact) mass is 495 g/mol. The number of hydrogen-bond donors (Lipinski definition) is 3. The molecule has 8 nitrogen and oxygen atoms in total. The molecule has 1 aromatic heterocycles. The number of anilines is 3. The molecule has 12 heteroatoms. The summed E-state index contributed by atoms with van der Waals surface area (Å²) in [4.78, 5) is 41.0. The summed E-state index contributed by atoms with van der Waals surface area (Å²) in [7, 11) is 0. The van der Waals surface area contributed by atoms with Gasteiger partial charge in [-0.1, -0.05) is 41.9 Å². The highest BCUT2D eigenvalue weighted by Gasteiger charge is 2.34. The number of benzene rings is 2. The van der Waals surface area contributed by atoms with Gasteiger partial charge in [0.15, 0.2) is 0 Å². The number of rotatable bonds is 7. The molecule has 0 unspecified atom stereocenters. The Labute approximate surface area is 196 Å². The van der Waals surface area contributed by atoms with Crippen LogP contribution in [0.15, 0.2) is 58.1 Å². The molecule has 3 rings (SSSR count). The summed E-state index contributed by atoms with van der Waals surface area (Å²) in [5.74, 6) is -0.996. The first kappa shape index (κ1) is 24.9. The normalized spacial score (nSPS) is 11.3. The maximum Gasteiger partial charge on any atom is 0.418 e. The van der Waals surface area contributed by atoms with Crippen LogP contribution < -0.4 is 27.2 Å². The van der Waals surface area contributed by atoms with Gasteiger partial charge in [-0.2, -0.15) is 13.2 Å². The van der Waals surface area contributed by atoms with Crippen LogP contribution in [0.1, 0.15) is 18.1 Å². The molecular formula is C22H21ClF3N5O3. The van der Waals surface area contributed by atoms with Crippen LogP contribution in [0, 0.1) is 0 Å². The standard InChI is InChI=1S/C22H21ClF3N5O3/c1-2-30(12-17(32)28-16-9-8-14(23)10-15(16)22(24,25)26)18-19(27)31(21(34)29-20(18)33)11-13-6-4-3-5-7-13/h3-10H,2,11-12,27H2,1H3,(H,28,32)(H,29,33,34). The van der Waals surface area contributed by atoms with E-state index in [9.17, 15) is 27.6 Å². The van der Waals surface area contributed by atoms with E-state index in [-0.39, 0.29) is 29.6 Å². The number of aromatic amines is 1. The molecule has 0 saturated carbocycles. The molecular weight excluding hydrogens is 475 g/mol. The third kappa shape index (κ3) is 5.60. The predicted octanol–water partition coefficient (Wildman–Crippen LogP) is 3.30. The van der Waals surface area contributed by atoms with Crippen LogP contribution in [0.25, 0.3) is 0 Å². The van der Waals surface area contributed by atoms with Crippen molar-refractivity contribution in [2.75, 3.05) is 29.0 Å². The number of H-pyrrole nitrogens is 1. The number of amides is 1. The summed E-state index contributed by atoms with van der Waals surface area (Å²) in [6, 6.07) is 11.9. The number of nitrogen functional groups attached to an aromatic ring is 1. The predicted molar refractivity (Wildman–Crippen MR) is 124 cm³/mol.